The maximum atomic E-state index is 9.09. The van der Waals surface area contributed by atoms with Crippen molar-refractivity contribution in [3.63, 3.8) is 0 Å². The summed E-state index contributed by atoms with van der Waals surface area (Å²) in [6.07, 6.45) is 1.89. The minimum atomic E-state index is -0.280. The summed E-state index contributed by atoms with van der Waals surface area (Å²) in [5, 5.41) is 21.4. The minimum absolute atomic E-state index is 0.0578. The maximum absolute atomic E-state index is 9.09. The Hall–Kier alpha value is -1.06. The predicted octanol–water partition coefficient (Wildman–Crippen LogP) is 1.58. The van der Waals surface area contributed by atoms with Crippen molar-refractivity contribution in [1.82, 2.24) is 0 Å². The van der Waals surface area contributed by atoms with Crippen LogP contribution in [0.1, 0.15) is 25.0 Å². The van der Waals surface area contributed by atoms with E-state index in [0.717, 1.165) is 18.5 Å². The molecule has 3 nitrogen and oxygen atoms in total. The molecular formula is C13H21NO2. The quantitative estimate of drug-likeness (QED) is 0.686. The monoisotopic (exact) mass is 223 g/mol. The molecule has 0 fully saturated rings. The van der Waals surface area contributed by atoms with Gasteiger partial charge in [-0.05, 0) is 24.0 Å². The summed E-state index contributed by atoms with van der Waals surface area (Å²) in [4.78, 5) is 0. The lowest BCUT2D eigenvalue weighted by Crippen LogP contribution is -2.28. The van der Waals surface area contributed by atoms with E-state index < -0.39 is 0 Å². The first-order chi connectivity index (χ1) is 7.76. The van der Waals surface area contributed by atoms with Crippen molar-refractivity contribution in [2.24, 2.45) is 0 Å². The Morgan fingerprint density at radius 1 is 1.06 bits per heavy atom. The Kier molecular flexibility index (Phi) is 5.29. The molecule has 1 aromatic carbocycles. The van der Waals surface area contributed by atoms with E-state index in [1.807, 2.05) is 0 Å². The van der Waals surface area contributed by atoms with Crippen molar-refractivity contribution in [3.05, 3.63) is 29.3 Å². The van der Waals surface area contributed by atoms with Crippen LogP contribution in [0.2, 0.25) is 0 Å². The number of aliphatic hydroxyl groups is 2. The van der Waals surface area contributed by atoms with E-state index in [9.17, 15) is 0 Å². The highest BCUT2D eigenvalue weighted by molar-refractivity contribution is 5.58. The van der Waals surface area contributed by atoms with Crippen LogP contribution < -0.4 is 5.32 Å². The molecule has 3 N–H and O–H groups in total. The lowest BCUT2D eigenvalue weighted by Gasteiger charge is -2.20. The highest BCUT2D eigenvalue weighted by atomic mass is 16.3. The Labute approximate surface area is 97.1 Å². The Bertz CT molecular complexity index is 299. The molecule has 1 rings (SSSR count). The van der Waals surface area contributed by atoms with Gasteiger partial charge in [0.2, 0.25) is 0 Å². The first kappa shape index (κ1) is 13.0. The van der Waals surface area contributed by atoms with Gasteiger partial charge in [-0.15, -0.1) is 0 Å². The molecule has 0 aromatic heterocycles. The van der Waals surface area contributed by atoms with Gasteiger partial charge < -0.3 is 15.5 Å². The van der Waals surface area contributed by atoms with Crippen LogP contribution in [0.3, 0.4) is 0 Å². The molecule has 0 bridgehead atoms. The predicted molar refractivity (Wildman–Crippen MR) is 66.8 cm³/mol. The van der Waals surface area contributed by atoms with Crippen molar-refractivity contribution in [3.8, 4) is 0 Å². The summed E-state index contributed by atoms with van der Waals surface area (Å²) in [7, 11) is 0. The van der Waals surface area contributed by atoms with E-state index >= 15 is 0 Å². The summed E-state index contributed by atoms with van der Waals surface area (Å²) in [5.41, 5.74) is 3.53. The molecule has 0 unspecified atom stereocenters. The zero-order chi connectivity index (χ0) is 12.0. The molecule has 90 valence electrons. The maximum Gasteiger partial charge on any atom is 0.0723 e. The second kappa shape index (κ2) is 6.51. The molecular weight excluding hydrogens is 202 g/mol. The molecule has 0 heterocycles. The fraction of sp³-hybridized carbons (Fsp3) is 0.538. The smallest absolute Gasteiger partial charge is 0.0723 e. The lowest BCUT2D eigenvalue weighted by atomic mass is 10.0. The van der Waals surface area contributed by atoms with Gasteiger partial charge in [-0.1, -0.05) is 32.0 Å². The molecule has 0 saturated carbocycles. The second-order valence-electron chi connectivity index (χ2n) is 3.86. The topological polar surface area (TPSA) is 52.5 Å². The van der Waals surface area contributed by atoms with E-state index in [1.54, 1.807) is 0 Å². The van der Waals surface area contributed by atoms with Crippen LogP contribution in [0.25, 0.3) is 0 Å². The van der Waals surface area contributed by atoms with Crippen LogP contribution >= 0.6 is 0 Å². The summed E-state index contributed by atoms with van der Waals surface area (Å²) in [6.45, 7) is 4.09. The molecule has 0 atom stereocenters. The number of anilines is 1. The zero-order valence-corrected chi connectivity index (χ0v) is 10.0. The van der Waals surface area contributed by atoms with Gasteiger partial charge >= 0.3 is 0 Å². The number of para-hydroxylation sites is 1. The van der Waals surface area contributed by atoms with E-state index in [0.29, 0.717) is 0 Å². The Morgan fingerprint density at radius 2 is 1.56 bits per heavy atom. The molecule has 0 aliphatic rings. The molecule has 0 amide bonds. The number of rotatable bonds is 6. The molecule has 3 heteroatoms. The standard InChI is InChI=1S/C13H21NO2/c1-3-10-6-5-7-11(4-2)13(10)14-12(8-15)9-16/h5-7,12,14-16H,3-4,8-9H2,1-2H3. The van der Waals surface area contributed by atoms with Crippen molar-refractivity contribution in [1.29, 1.82) is 0 Å². The van der Waals surface area contributed by atoms with Gasteiger partial charge in [0.1, 0.15) is 0 Å². The van der Waals surface area contributed by atoms with Crippen molar-refractivity contribution in [2.75, 3.05) is 18.5 Å². The first-order valence-electron chi connectivity index (χ1n) is 5.85. The van der Waals surface area contributed by atoms with E-state index in [1.165, 1.54) is 11.1 Å². The largest absolute Gasteiger partial charge is 0.394 e. The van der Waals surface area contributed by atoms with Crippen LogP contribution in [0, 0.1) is 0 Å². The molecule has 0 aliphatic carbocycles. The number of benzene rings is 1. The number of hydrogen-bond acceptors (Lipinski definition) is 3. The van der Waals surface area contributed by atoms with Crippen molar-refractivity contribution in [2.45, 2.75) is 32.7 Å². The lowest BCUT2D eigenvalue weighted by molar-refractivity contribution is 0.204. The summed E-state index contributed by atoms with van der Waals surface area (Å²) < 4.78 is 0. The van der Waals surface area contributed by atoms with E-state index in [-0.39, 0.29) is 19.3 Å². The van der Waals surface area contributed by atoms with Crippen molar-refractivity contribution >= 4 is 5.69 Å². The highest BCUT2D eigenvalue weighted by Crippen LogP contribution is 2.23. The number of nitrogens with one attached hydrogen (secondary N) is 1. The van der Waals surface area contributed by atoms with Crippen molar-refractivity contribution < 1.29 is 10.2 Å². The number of aliphatic hydroxyl groups excluding tert-OH is 2. The van der Waals surface area contributed by atoms with Crippen LogP contribution in [-0.2, 0) is 12.8 Å². The second-order valence-corrected chi connectivity index (χ2v) is 3.86. The summed E-state index contributed by atoms with van der Waals surface area (Å²) in [6, 6.07) is 5.93. The molecule has 1 aromatic rings. The molecule has 0 aliphatic heterocycles. The first-order valence-corrected chi connectivity index (χ1v) is 5.85. The molecule has 0 radical (unpaired) electrons. The minimum Gasteiger partial charge on any atom is -0.394 e. The van der Waals surface area contributed by atoms with Gasteiger partial charge in [0.05, 0.1) is 19.3 Å². The van der Waals surface area contributed by atoms with Crippen LogP contribution in [0.15, 0.2) is 18.2 Å². The molecule has 0 spiro atoms. The average Bonchev–Trinajstić information content (AvgIpc) is 2.35. The SMILES string of the molecule is CCc1cccc(CC)c1NC(CO)CO. The van der Waals surface area contributed by atoms with Gasteiger partial charge in [-0.2, -0.15) is 0 Å². The molecule has 16 heavy (non-hydrogen) atoms. The van der Waals surface area contributed by atoms with E-state index in [4.69, 9.17) is 10.2 Å². The third-order valence-electron chi connectivity index (χ3n) is 2.79. The number of aryl methyl sites for hydroxylation is 2. The average molecular weight is 223 g/mol. The fourth-order valence-electron chi connectivity index (χ4n) is 1.78. The number of hydrogen-bond donors (Lipinski definition) is 3. The fourth-order valence-corrected chi connectivity index (χ4v) is 1.78. The normalized spacial score (nSPS) is 10.8. The van der Waals surface area contributed by atoms with Gasteiger partial charge in [0, 0.05) is 5.69 Å². The van der Waals surface area contributed by atoms with E-state index in [2.05, 4.69) is 37.4 Å². The summed E-state index contributed by atoms with van der Waals surface area (Å²) in [5.74, 6) is 0. The van der Waals surface area contributed by atoms with Crippen LogP contribution in [-0.4, -0.2) is 29.5 Å². The molecule has 0 saturated heterocycles. The highest BCUT2D eigenvalue weighted by Gasteiger charge is 2.10. The van der Waals surface area contributed by atoms with Gasteiger partial charge in [-0.25, -0.2) is 0 Å². The van der Waals surface area contributed by atoms with Gasteiger partial charge in [-0.3, -0.25) is 0 Å². The van der Waals surface area contributed by atoms with Crippen LogP contribution in [0.5, 0.6) is 0 Å². The Balaban J connectivity index is 2.98. The third-order valence-corrected chi connectivity index (χ3v) is 2.79. The summed E-state index contributed by atoms with van der Waals surface area (Å²) >= 11 is 0. The van der Waals surface area contributed by atoms with Gasteiger partial charge in [0.25, 0.3) is 0 Å². The Morgan fingerprint density at radius 3 is 1.94 bits per heavy atom. The van der Waals surface area contributed by atoms with Crippen LogP contribution in [0.4, 0.5) is 5.69 Å². The van der Waals surface area contributed by atoms with Gasteiger partial charge in [0.15, 0.2) is 0 Å². The zero-order valence-electron chi connectivity index (χ0n) is 10.0. The third kappa shape index (κ3) is 2.97.